The monoisotopic (exact) mass is 225 g/mol. The summed E-state index contributed by atoms with van der Waals surface area (Å²) in [5.41, 5.74) is 2.58. The quantitative estimate of drug-likeness (QED) is 0.754. The number of hydrogen-bond donors (Lipinski definition) is 2. The average Bonchev–Trinajstić information content (AvgIpc) is 2.84. The van der Waals surface area contributed by atoms with Crippen LogP contribution in [0, 0.1) is 5.92 Å². The fraction of sp³-hybridized carbons (Fsp3) is 0.444. The minimum atomic E-state index is -0.226. The topological polar surface area (TPSA) is 71.1 Å². The Morgan fingerprint density at radius 1 is 1.73 bits per heavy atom. The lowest BCUT2D eigenvalue weighted by Gasteiger charge is -2.07. The van der Waals surface area contributed by atoms with Crippen LogP contribution in [0.15, 0.2) is 10.9 Å². The summed E-state index contributed by atoms with van der Waals surface area (Å²) in [7, 11) is 0. The molecule has 0 spiro atoms. The number of hydrogen-bond acceptors (Lipinski definition) is 4. The summed E-state index contributed by atoms with van der Waals surface area (Å²) in [5.74, 6) is -0.360. The lowest BCUT2D eigenvalue weighted by Crippen LogP contribution is -2.31. The third-order valence-corrected chi connectivity index (χ3v) is 2.91. The zero-order valence-electron chi connectivity index (χ0n) is 8.03. The Kier molecular flexibility index (Phi) is 2.96. The summed E-state index contributed by atoms with van der Waals surface area (Å²) in [4.78, 5) is 26.5. The van der Waals surface area contributed by atoms with E-state index in [1.165, 1.54) is 11.3 Å². The highest BCUT2D eigenvalue weighted by Crippen LogP contribution is 2.09. The average molecular weight is 225 g/mol. The fourth-order valence-corrected chi connectivity index (χ4v) is 2.00. The molecular weight excluding hydrogens is 214 g/mol. The van der Waals surface area contributed by atoms with E-state index in [9.17, 15) is 9.59 Å². The van der Waals surface area contributed by atoms with Gasteiger partial charge in [-0.25, -0.2) is 4.98 Å². The van der Waals surface area contributed by atoms with Crippen molar-refractivity contribution in [3.63, 3.8) is 0 Å². The summed E-state index contributed by atoms with van der Waals surface area (Å²) in [6.45, 7) is 0.884. The van der Waals surface area contributed by atoms with Gasteiger partial charge >= 0.3 is 0 Å². The van der Waals surface area contributed by atoms with Gasteiger partial charge in [0, 0.05) is 18.3 Å². The van der Waals surface area contributed by atoms with Crippen LogP contribution in [0.5, 0.6) is 0 Å². The van der Waals surface area contributed by atoms with Gasteiger partial charge in [-0.2, -0.15) is 0 Å². The summed E-state index contributed by atoms with van der Waals surface area (Å²) >= 11 is 1.50. The summed E-state index contributed by atoms with van der Waals surface area (Å²) in [6.07, 6.45) is 0.295. The van der Waals surface area contributed by atoms with E-state index in [1.54, 1.807) is 5.51 Å². The van der Waals surface area contributed by atoms with Crippen LogP contribution in [0.25, 0.3) is 0 Å². The number of aromatic nitrogens is 1. The third-order valence-electron chi connectivity index (χ3n) is 2.28. The van der Waals surface area contributed by atoms with E-state index < -0.39 is 0 Å². The Hall–Kier alpha value is -1.43. The van der Waals surface area contributed by atoms with E-state index >= 15 is 0 Å². The van der Waals surface area contributed by atoms with Crippen molar-refractivity contribution in [1.82, 2.24) is 15.6 Å². The van der Waals surface area contributed by atoms with Crippen molar-refractivity contribution in [2.45, 2.75) is 13.0 Å². The number of rotatable bonds is 3. The first-order valence-electron chi connectivity index (χ1n) is 4.67. The van der Waals surface area contributed by atoms with Gasteiger partial charge in [0.2, 0.25) is 11.8 Å². The molecule has 15 heavy (non-hydrogen) atoms. The molecule has 2 rings (SSSR count). The molecule has 5 nitrogen and oxygen atoms in total. The maximum atomic E-state index is 11.6. The molecule has 1 aliphatic heterocycles. The first-order valence-corrected chi connectivity index (χ1v) is 5.61. The van der Waals surface area contributed by atoms with Crippen LogP contribution in [0.1, 0.15) is 12.1 Å². The number of amides is 2. The molecular formula is C9H11N3O2S. The molecule has 6 heteroatoms. The van der Waals surface area contributed by atoms with Crippen LogP contribution in [-0.4, -0.2) is 23.3 Å². The molecule has 1 saturated heterocycles. The Morgan fingerprint density at radius 2 is 2.60 bits per heavy atom. The molecule has 2 amide bonds. The molecule has 1 atom stereocenters. The third kappa shape index (κ3) is 2.53. The predicted molar refractivity (Wildman–Crippen MR) is 55.1 cm³/mol. The molecule has 0 radical (unpaired) electrons. The SMILES string of the molecule is O=C1CC(C(=O)NCc2cscn2)CN1. The molecule has 0 aromatic carbocycles. The maximum absolute atomic E-state index is 11.6. The highest BCUT2D eigenvalue weighted by molar-refractivity contribution is 7.07. The van der Waals surface area contributed by atoms with Crippen molar-refractivity contribution in [2.24, 2.45) is 5.92 Å². The Morgan fingerprint density at radius 3 is 3.20 bits per heavy atom. The first-order chi connectivity index (χ1) is 7.25. The first kappa shape index (κ1) is 10.1. The number of carbonyl (C=O) groups excluding carboxylic acids is 2. The number of thiazole rings is 1. The Labute approximate surface area is 90.9 Å². The molecule has 1 aliphatic rings. The molecule has 0 saturated carbocycles. The Bertz CT molecular complexity index is 363. The summed E-state index contributed by atoms with van der Waals surface area (Å²) in [6, 6.07) is 0. The molecule has 2 N–H and O–H groups in total. The van der Waals surface area contributed by atoms with Gasteiger partial charge in [0.25, 0.3) is 0 Å². The molecule has 80 valence electrons. The van der Waals surface area contributed by atoms with Gasteiger partial charge in [-0.1, -0.05) is 0 Å². The summed E-state index contributed by atoms with van der Waals surface area (Å²) in [5, 5.41) is 7.28. The molecule has 0 aliphatic carbocycles. The van der Waals surface area contributed by atoms with Gasteiger partial charge in [-0.3, -0.25) is 9.59 Å². The zero-order chi connectivity index (χ0) is 10.7. The van der Waals surface area contributed by atoms with Gasteiger partial charge < -0.3 is 10.6 Å². The van der Waals surface area contributed by atoms with E-state index in [0.717, 1.165) is 5.69 Å². The predicted octanol–water partition coefficient (Wildman–Crippen LogP) is -0.105. The molecule has 2 heterocycles. The molecule has 1 fully saturated rings. The highest BCUT2D eigenvalue weighted by atomic mass is 32.1. The molecule has 1 aromatic rings. The second-order valence-corrected chi connectivity index (χ2v) is 4.12. The lowest BCUT2D eigenvalue weighted by molar-refractivity contribution is -0.126. The minimum absolute atomic E-state index is 0.0520. The standard InChI is InChI=1S/C9H11N3O2S/c13-8-1-6(2-10-8)9(14)11-3-7-4-15-5-12-7/h4-6H,1-3H2,(H,10,13)(H,11,14). The van der Waals surface area contributed by atoms with Crippen molar-refractivity contribution in [3.8, 4) is 0 Å². The Balaban J connectivity index is 1.80. The van der Waals surface area contributed by atoms with Crippen LogP contribution in [0.2, 0.25) is 0 Å². The van der Waals surface area contributed by atoms with Crippen molar-refractivity contribution in [3.05, 3.63) is 16.6 Å². The molecule has 0 bridgehead atoms. The van der Waals surface area contributed by atoms with Crippen LogP contribution >= 0.6 is 11.3 Å². The van der Waals surface area contributed by atoms with Crippen LogP contribution in [-0.2, 0) is 16.1 Å². The van der Waals surface area contributed by atoms with E-state index in [2.05, 4.69) is 15.6 Å². The number of nitrogens with one attached hydrogen (secondary N) is 2. The van der Waals surface area contributed by atoms with E-state index in [-0.39, 0.29) is 17.7 Å². The van der Waals surface area contributed by atoms with Gasteiger partial charge in [0.15, 0.2) is 0 Å². The van der Waals surface area contributed by atoms with Crippen molar-refractivity contribution < 1.29 is 9.59 Å². The smallest absolute Gasteiger partial charge is 0.225 e. The largest absolute Gasteiger partial charge is 0.355 e. The van der Waals surface area contributed by atoms with Crippen molar-refractivity contribution in [1.29, 1.82) is 0 Å². The molecule has 1 aromatic heterocycles. The highest BCUT2D eigenvalue weighted by Gasteiger charge is 2.27. The molecule has 1 unspecified atom stereocenters. The second kappa shape index (κ2) is 4.39. The van der Waals surface area contributed by atoms with Gasteiger partial charge in [0.1, 0.15) is 0 Å². The normalized spacial score (nSPS) is 20.0. The van der Waals surface area contributed by atoms with Gasteiger partial charge in [0.05, 0.1) is 23.7 Å². The van der Waals surface area contributed by atoms with Gasteiger partial charge in [-0.15, -0.1) is 11.3 Å². The van der Waals surface area contributed by atoms with Crippen LogP contribution < -0.4 is 10.6 Å². The lowest BCUT2D eigenvalue weighted by atomic mass is 10.1. The maximum Gasteiger partial charge on any atom is 0.225 e. The number of carbonyl (C=O) groups is 2. The fourth-order valence-electron chi connectivity index (χ4n) is 1.44. The van der Waals surface area contributed by atoms with E-state index in [4.69, 9.17) is 0 Å². The van der Waals surface area contributed by atoms with Crippen LogP contribution in [0.3, 0.4) is 0 Å². The van der Waals surface area contributed by atoms with Crippen LogP contribution in [0.4, 0.5) is 0 Å². The van der Waals surface area contributed by atoms with Crippen molar-refractivity contribution >= 4 is 23.2 Å². The van der Waals surface area contributed by atoms with E-state index in [0.29, 0.717) is 19.5 Å². The van der Waals surface area contributed by atoms with E-state index in [1.807, 2.05) is 5.38 Å². The minimum Gasteiger partial charge on any atom is -0.355 e. The summed E-state index contributed by atoms with van der Waals surface area (Å²) < 4.78 is 0. The number of nitrogens with zero attached hydrogens (tertiary/aromatic N) is 1. The zero-order valence-corrected chi connectivity index (χ0v) is 8.84. The van der Waals surface area contributed by atoms with Gasteiger partial charge in [-0.05, 0) is 0 Å². The second-order valence-electron chi connectivity index (χ2n) is 3.40. The van der Waals surface area contributed by atoms with Crippen molar-refractivity contribution in [2.75, 3.05) is 6.54 Å².